The van der Waals surface area contributed by atoms with Crippen LogP contribution < -0.4 is 10.6 Å². The van der Waals surface area contributed by atoms with Crippen molar-refractivity contribution in [3.8, 4) is 10.6 Å². The molecule has 4 rings (SSSR count). The first-order valence-corrected chi connectivity index (χ1v) is 8.69. The summed E-state index contributed by atoms with van der Waals surface area (Å²) in [6, 6.07) is 2.47. The summed E-state index contributed by atoms with van der Waals surface area (Å²) in [4.78, 5) is 10.4. The first kappa shape index (κ1) is 13.2. The quantitative estimate of drug-likeness (QED) is 0.757. The zero-order valence-corrected chi connectivity index (χ0v) is 13.6. The van der Waals surface area contributed by atoms with Gasteiger partial charge in [0.1, 0.15) is 10.5 Å². The molecule has 21 heavy (non-hydrogen) atoms. The van der Waals surface area contributed by atoms with Crippen LogP contribution in [0, 0.1) is 0 Å². The summed E-state index contributed by atoms with van der Waals surface area (Å²) < 4.78 is 1.20. The minimum Gasteiger partial charge on any atom is -0.379 e. The summed E-state index contributed by atoms with van der Waals surface area (Å²) >= 11 is 3.61. The second-order valence-corrected chi connectivity index (χ2v) is 7.27. The Morgan fingerprint density at radius 1 is 1.38 bits per heavy atom. The molecule has 2 N–H and O–H groups in total. The molecule has 1 atom stereocenters. The standard InChI is InChI=1S/C15H16N4S2/c1-8-13-9(3-6-18-8)12(14(16-2)21-13)15-19-10-7-17-5-4-11(10)20-15/h4-5,7-8,16,18H,3,6H2,1-2H3. The number of pyridine rings is 1. The van der Waals surface area contributed by atoms with Gasteiger partial charge < -0.3 is 10.6 Å². The van der Waals surface area contributed by atoms with E-state index in [2.05, 4.69) is 22.5 Å². The van der Waals surface area contributed by atoms with Gasteiger partial charge in [0.2, 0.25) is 0 Å². The molecule has 6 heteroatoms. The third-order valence-corrected chi connectivity index (χ3v) is 6.37. The minimum atomic E-state index is 0.427. The van der Waals surface area contributed by atoms with Crippen LogP contribution >= 0.6 is 22.7 Å². The second kappa shape index (κ2) is 5.05. The summed E-state index contributed by atoms with van der Waals surface area (Å²) in [5.41, 5.74) is 3.75. The normalized spacial score (nSPS) is 17.9. The van der Waals surface area contributed by atoms with E-state index in [-0.39, 0.29) is 0 Å². The van der Waals surface area contributed by atoms with Crippen molar-refractivity contribution in [2.24, 2.45) is 0 Å². The Kier molecular flexibility index (Phi) is 3.17. The van der Waals surface area contributed by atoms with E-state index in [1.807, 2.05) is 36.8 Å². The van der Waals surface area contributed by atoms with E-state index in [1.165, 1.54) is 25.7 Å². The van der Waals surface area contributed by atoms with E-state index in [0.717, 1.165) is 23.5 Å². The molecule has 1 aliphatic rings. The number of hydrogen-bond donors (Lipinski definition) is 2. The molecule has 1 aliphatic heterocycles. The van der Waals surface area contributed by atoms with Gasteiger partial charge in [-0.15, -0.1) is 22.7 Å². The molecule has 0 saturated heterocycles. The van der Waals surface area contributed by atoms with Crippen molar-refractivity contribution in [3.05, 3.63) is 28.9 Å². The molecule has 4 heterocycles. The lowest BCUT2D eigenvalue weighted by atomic mass is 10.0. The van der Waals surface area contributed by atoms with E-state index in [4.69, 9.17) is 4.98 Å². The molecule has 0 aliphatic carbocycles. The molecule has 4 nitrogen and oxygen atoms in total. The van der Waals surface area contributed by atoms with E-state index in [9.17, 15) is 0 Å². The Morgan fingerprint density at radius 3 is 3.10 bits per heavy atom. The Morgan fingerprint density at radius 2 is 2.29 bits per heavy atom. The number of thiazole rings is 1. The monoisotopic (exact) mass is 316 g/mol. The average molecular weight is 316 g/mol. The van der Waals surface area contributed by atoms with Crippen LogP contribution in [0.4, 0.5) is 5.00 Å². The highest BCUT2D eigenvalue weighted by molar-refractivity contribution is 7.22. The molecule has 108 valence electrons. The number of aromatic nitrogens is 2. The third kappa shape index (κ3) is 2.06. The van der Waals surface area contributed by atoms with E-state index in [1.54, 1.807) is 11.3 Å². The van der Waals surface area contributed by atoms with Crippen LogP contribution in [0.15, 0.2) is 18.5 Å². The SMILES string of the molecule is CNc1sc2c(c1-c1nc3cnccc3s1)CCNC2C. The van der Waals surface area contributed by atoms with Gasteiger partial charge in [-0.2, -0.15) is 0 Å². The summed E-state index contributed by atoms with van der Waals surface area (Å²) in [7, 11) is 1.99. The third-order valence-electron chi connectivity index (χ3n) is 3.89. The predicted molar refractivity (Wildman–Crippen MR) is 90.4 cm³/mol. The summed E-state index contributed by atoms with van der Waals surface area (Å²) in [5, 5.41) is 9.22. The largest absolute Gasteiger partial charge is 0.379 e. The summed E-state index contributed by atoms with van der Waals surface area (Å²) in [6.07, 6.45) is 4.75. The lowest BCUT2D eigenvalue weighted by Gasteiger charge is -2.20. The van der Waals surface area contributed by atoms with Crippen molar-refractivity contribution in [1.82, 2.24) is 15.3 Å². The number of anilines is 1. The molecule has 0 aromatic carbocycles. The van der Waals surface area contributed by atoms with Gasteiger partial charge in [0.05, 0.1) is 15.9 Å². The first-order chi connectivity index (χ1) is 10.3. The zero-order chi connectivity index (χ0) is 14.4. The number of hydrogen-bond acceptors (Lipinski definition) is 6. The number of rotatable bonds is 2. The van der Waals surface area contributed by atoms with Crippen molar-refractivity contribution >= 4 is 37.9 Å². The zero-order valence-electron chi connectivity index (χ0n) is 11.9. The molecule has 0 saturated carbocycles. The van der Waals surface area contributed by atoms with Gasteiger partial charge in [-0.05, 0) is 31.5 Å². The van der Waals surface area contributed by atoms with Gasteiger partial charge in [0, 0.05) is 29.7 Å². The summed E-state index contributed by atoms with van der Waals surface area (Å²) in [6.45, 7) is 3.27. The van der Waals surface area contributed by atoms with Crippen LogP contribution in [-0.4, -0.2) is 23.6 Å². The topological polar surface area (TPSA) is 49.8 Å². The van der Waals surface area contributed by atoms with E-state index in [0.29, 0.717) is 6.04 Å². The van der Waals surface area contributed by atoms with Gasteiger partial charge in [-0.25, -0.2) is 4.98 Å². The number of nitrogens with one attached hydrogen (secondary N) is 2. The van der Waals surface area contributed by atoms with Crippen LogP contribution in [0.25, 0.3) is 20.8 Å². The maximum Gasteiger partial charge on any atom is 0.127 e. The maximum atomic E-state index is 4.80. The minimum absolute atomic E-state index is 0.427. The number of fused-ring (bicyclic) bond motifs is 2. The summed E-state index contributed by atoms with van der Waals surface area (Å²) in [5.74, 6) is 0. The molecule has 0 spiro atoms. The molecule has 0 fully saturated rings. The Bertz CT molecular complexity index is 772. The first-order valence-electron chi connectivity index (χ1n) is 7.05. The highest BCUT2D eigenvalue weighted by Crippen LogP contribution is 2.46. The molecule has 3 aromatic rings. The fourth-order valence-corrected chi connectivity index (χ4v) is 5.18. The molecule has 0 radical (unpaired) electrons. The smallest absolute Gasteiger partial charge is 0.127 e. The molecule has 0 bridgehead atoms. The van der Waals surface area contributed by atoms with E-state index >= 15 is 0 Å². The van der Waals surface area contributed by atoms with Crippen LogP contribution in [-0.2, 0) is 6.42 Å². The molecular weight excluding hydrogens is 300 g/mol. The Hall–Kier alpha value is -1.50. The van der Waals surface area contributed by atoms with Gasteiger partial charge in [-0.3, -0.25) is 4.98 Å². The van der Waals surface area contributed by atoms with Gasteiger partial charge in [0.25, 0.3) is 0 Å². The fraction of sp³-hybridized carbons (Fsp3) is 0.333. The number of nitrogens with zero attached hydrogens (tertiary/aromatic N) is 2. The fourth-order valence-electron chi connectivity index (χ4n) is 2.88. The van der Waals surface area contributed by atoms with Crippen LogP contribution in [0.1, 0.15) is 23.4 Å². The van der Waals surface area contributed by atoms with Crippen LogP contribution in [0.5, 0.6) is 0 Å². The Balaban J connectivity index is 1.94. The Labute approximate surface area is 131 Å². The van der Waals surface area contributed by atoms with Crippen molar-refractivity contribution in [1.29, 1.82) is 0 Å². The second-order valence-electron chi connectivity index (χ2n) is 5.19. The van der Waals surface area contributed by atoms with E-state index < -0.39 is 0 Å². The maximum absolute atomic E-state index is 4.80. The van der Waals surface area contributed by atoms with Gasteiger partial charge in [0.15, 0.2) is 0 Å². The lowest BCUT2D eigenvalue weighted by Crippen LogP contribution is -2.26. The van der Waals surface area contributed by atoms with Gasteiger partial charge >= 0.3 is 0 Å². The number of thiophene rings is 1. The molecule has 3 aromatic heterocycles. The van der Waals surface area contributed by atoms with Crippen molar-refractivity contribution in [2.45, 2.75) is 19.4 Å². The predicted octanol–water partition coefficient (Wildman–Crippen LogP) is 3.67. The van der Waals surface area contributed by atoms with Gasteiger partial charge in [-0.1, -0.05) is 0 Å². The van der Waals surface area contributed by atoms with Crippen molar-refractivity contribution in [2.75, 3.05) is 18.9 Å². The highest BCUT2D eigenvalue weighted by atomic mass is 32.1. The highest BCUT2D eigenvalue weighted by Gasteiger charge is 2.26. The van der Waals surface area contributed by atoms with Crippen LogP contribution in [0.3, 0.4) is 0 Å². The van der Waals surface area contributed by atoms with Crippen molar-refractivity contribution < 1.29 is 0 Å². The lowest BCUT2D eigenvalue weighted by molar-refractivity contribution is 0.552. The van der Waals surface area contributed by atoms with Crippen molar-refractivity contribution in [3.63, 3.8) is 0 Å². The molecule has 1 unspecified atom stereocenters. The molecular formula is C15H16N4S2. The van der Waals surface area contributed by atoms with Crippen LogP contribution in [0.2, 0.25) is 0 Å². The average Bonchev–Trinajstić information content (AvgIpc) is 3.08. The molecule has 0 amide bonds.